The molecule has 0 aromatic heterocycles. The normalized spacial score (nSPS) is 48.7. The van der Waals surface area contributed by atoms with Crippen molar-refractivity contribution in [2.45, 2.75) is 71.0 Å². The van der Waals surface area contributed by atoms with Gasteiger partial charge >= 0.3 is 0 Å². The molecule has 134 valence electrons. The van der Waals surface area contributed by atoms with Crippen molar-refractivity contribution in [3.05, 3.63) is 23.3 Å². The van der Waals surface area contributed by atoms with Gasteiger partial charge in [0.1, 0.15) is 0 Å². The minimum atomic E-state index is -0.577. The lowest BCUT2D eigenvalue weighted by atomic mass is 9.50. The van der Waals surface area contributed by atoms with E-state index in [4.69, 9.17) is 0 Å². The number of hydrogen-bond acceptors (Lipinski definition) is 3. The second kappa shape index (κ2) is 5.69. The Kier molecular flexibility index (Phi) is 3.98. The van der Waals surface area contributed by atoms with Gasteiger partial charge in [0.2, 0.25) is 0 Å². The third-order valence-electron chi connectivity index (χ3n) is 8.27. The summed E-state index contributed by atoms with van der Waals surface area (Å²) in [5.41, 5.74) is 3.39. The van der Waals surface area contributed by atoms with Crippen LogP contribution in [0.3, 0.4) is 0 Å². The fourth-order valence-corrected chi connectivity index (χ4v) is 6.78. The molecule has 3 fully saturated rings. The average molecular weight is 332 g/mol. The predicted octanol–water partition coefficient (Wildman–Crippen LogP) is 3.20. The number of hydrogen-bond donors (Lipinski definition) is 3. The molecule has 0 aromatic rings. The molecular weight excluding hydrogens is 300 g/mol. The summed E-state index contributed by atoms with van der Waals surface area (Å²) in [6.45, 7) is 4.65. The van der Waals surface area contributed by atoms with Gasteiger partial charge in [-0.3, -0.25) is 0 Å². The van der Waals surface area contributed by atoms with Crippen LogP contribution in [0.5, 0.6) is 0 Å². The quantitative estimate of drug-likeness (QED) is 0.728. The van der Waals surface area contributed by atoms with Crippen LogP contribution in [0, 0.1) is 28.6 Å². The van der Waals surface area contributed by atoms with E-state index >= 15 is 0 Å². The van der Waals surface area contributed by atoms with Crippen molar-refractivity contribution in [1.29, 1.82) is 0 Å². The fraction of sp³-hybridized carbons (Fsp3) is 0.810. The first-order chi connectivity index (χ1) is 11.4. The van der Waals surface area contributed by atoms with Crippen LogP contribution in [0.1, 0.15) is 58.8 Å². The molecule has 0 heterocycles. The van der Waals surface area contributed by atoms with E-state index < -0.39 is 6.10 Å². The molecule has 0 aliphatic heterocycles. The number of aliphatic hydroxyl groups excluding tert-OH is 3. The number of rotatable bonds is 2. The molecule has 3 nitrogen and oxygen atoms in total. The van der Waals surface area contributed by atoms with Crippen LogP contribution in [-0.2, 0) is 0 Å². The van der Waals surface area contributed by atoms with Crippen LogP contribution < -0.4 is 0 Å². The van der Waals surface area contributed by atoms with Crippen LogP contribution in [-0.4, -0.2) is 34.1 Å². The highest BCUT2D eigenvalue weighted by molar-refractivity contribution is 5.38. The van der Waals surface area contributed by atoms with Gasteiger partial charge in [-0.15, -0.1) is 0 Å². The molecule has 2 unspecified atom stereocenters. The third kappa shape index (κ3) is 2.21. The van der Waals surface area contributed by atoms with Crippen molar-refractivity contribution in [3.8, 4) is 0 Å². The monoisotopic (exact) mass is 332 g/mol. The fourth-order valence-electron chi connectivity index (χ4n) is 6.78. The van der Waals surface area contributed by atoms with E-state index in [0.717, 1.165) is 38.5 Å². The molecule has 0 aromatic carbocycles. The Morgan fingerprint density at radius 2 is 1.88 bits per heavy atom. The Labute approximate surface area is 145 Å². The maximum absolute atomic E-state index is 10.3. The van der Waals surface area contributed by atoms with Gasteiger partial charge in [-0.2, -0.15) is 0 Å². The van der Waals surface area contributed by atoms with Gasteiger partial charge in [0.25, 0.3) is 0 Å². The van der Waals surface area contributed by atoms with E-state index in [9.17, 15) is 15.3 Å². The molecule has 4 aliphatic rings. The van der Waals surface area contributed by atoms with Crippen molar-refractivity contribution in [3.63, 3.8) is 0 Å². The Morgan fingerprint density at radius 1 is 1.08 bits per heavy atom. The first-order valence-corrected chi connectivity index (χ1v) is 9.78. The van der Waals surface area contributed by atoms with Crippen LogP contribution >= 0.6 is 0 Å². The molecule has 7 atom stereocenters. The van der Waals surface area contributed by atoms with Gasteiger partial charge in [0.15, 0.2) is 0 Å². The summed E-state index contributed by atoms with van der Waals surface area (Å²) in [6, 6.07) is 0. The van der Waals surface area contributed by atoms with Gasteiger partial charge in [0, 0.05) is 0 Å². The van der Waals surface area contributed by atoms with Crippen molar-refractivity contribution < 1.29 is 15.3 Å². The molecule has 0 spiro atoms. The molecule has 0 amide bonds. The second-order valence-electron chi connectivity index (χ2n) is 9.26. The number of fused-ring (bicyclic) bond motifs is 5. The third-order valence-corrected chi connectivity index (χ3v) is 8.27. The molecule has 0 radical (unpaired) electrons. The van der Waals surface area contributed by atoms with Crippen molar-refractivity contribution in [2.24, 2.45) is 28.6 Å². The van der Waals surface area contributed by atoms with Gasteiger partial charge in [-0.25, -0.2) is 0 Å². The molecule has 4 rings (SSSR count). The lowest BCUT2D eigenvalue weighted by molar-refractivity contribution is -0.0253. The Hall–Kier alpha value is -0.640. The predicted molar refractivity (Wildman–Crippen MR) is 94.3 cm³/mol. The molecule has 0 bridgehead atoms. The first kappa shape index (κ1) is 16.8. The molecule has 24 heavy (non-hydrogen) atoms. The molecule has 0 saturated heterocycles. The van der Waals surface area contributed by atoms with Gasteiger partial charge in [0.05, 0.1) is 18.8 Å². The van der Waals surface area contributed by atoms with Crippen molar-refractivity contribution >= 4 is 0 Å². The van der Waals surface area contributed by atoms with E-state index in [1.54, 1.807) is 5.57 Å². The summed E-state index contributed by atoms with van der Waals surface area (Å²) in [6.07, 6.45) is 11.3. The summed E-state index contributed by atoms with van der Waals surface area (Å²) >= 11 is 0. The maximum atomic E-state index is 10.3. The van der Waals surface area contributed by atoms with Crippen molar-refractivity contribution in [1.82, 2.24) is 0 Å². The Morgan fingerprint density at radius 3 is 2.62 bits per heavy atom. The lowest BCUT2D eigenvalue weighted by Crippen LogP contribution is -2.47. The molecular formula is C21H32O3. The minimum Gasteiger partial charge on any atom is -0.394 e. The molecule has 3 heteroatoms. The summed E-state index contributed by atoms with van der Waals surface area (Å²) in [4.78, 5) is 0. The molecule has 4 aliphatic carbocycles. The Balaban J connectivity index is 1.68. The van der Waals surface area contributed by atoms with E-state index in [-0.39, 0.29) is 29.5 Å². The zero-order chi connectivity index (χ0) is 17.1. The largest absolute Gasteiger partial charge is 0.394 e. The van der Waals surface area contributed by atoms with E-state index in [1.807, 2.05) is 0 Å². The van der Waals surface area contributed by atoms with Crippen LogP contribution in [0.25, 0.3) is 0 Å². The SMILES string of the molecule is C[C@]12CC[C@H]3C(=CC=C4CC(O)CC[C@@]43C)[C@@H]1CC[C@@H]2C(O)CO. The minimum absolute atomic E-state index is 0.116. The van der Waals surface area contributed by atoms with E-state index in [2.05, 4.69) is 26.0 Å². The van der Waals surface area contributed by atoms with Crippen LogP contribution in [0.4, 0.5) is 0 Å². The highest BCUT2D eigenvalue weighted by Crippen LogP contribution is 2.65. The van der Waals surface area contributed by atoms with Gasteiger partial charge < -0.3 is 15.3 Å². The van der Waals surface area contributed by atoms with Gasteiger partial charge in [-0.1, -0.05) is 37.1 Å². The standard InChI is InChI=1S/C21H32O3/c1-20-9-7-14(23)11-13(20)3-4-15-16-5-6-18(19(24)12-22)21(16,2)10-8-17(15)20/h3-4,14,16-19,22-24H,5-12H2,1-2H3/t14?,16-,17-,18+,19?,20-,21-/m0/s1. The maximum Gasteiger partial charge on any atom is 0.0804 e. The summed E-state index contributed by atoms with van der Waals surface area (Å²) in [7, 11) is 0. The zero-order valence-corrected chi connectivity index (χ0v) is 15.0. The highest BCUT2D eigenvalue weighted by Gasteiger charge is 2.57. The first-order valence-electron chi connectivity index (χ1n) is 9.78. The van der Waals surface area contributed by atoms with Gasteiger partial charge in [-0.05, 0) is 73.5 Å². The number of allylic oxidation sites excluding steroid dienone is 3. The zero-order valence-electron chi connectivity index (χ0n) is 15.0. The highest BCUT2D eigenvalue weighted by atomic mass is 16.3. The summed E-state index contributed by atoms with van der Waals surface area (Å²) < 4.78 is 0. The van der Waals surface area contributed by atoms with E-state index in [1.165, 1.54) is 12.0 Å². The summed E-state index contributed by atoms with van der Waals surface area (Å²) in [5.74, 6) is 1.37. The lowest BCUT2D eigenvalue weighted by Gasteiger charge is -2.55. The summed E-state index contributed by atoms with van der Waals surface area (Å²) in [5, 5.41) is 29.8. The van der Waals surface area contributed by atoms with E-state index in [0.29, 0.717) is 11.8 Å². The molecule has 3 saturated carbocycles. The van der Waals surface area contributed by atoms with Crippen molar-refractivity contribution in [2.75, 3.05) is 6.61 Å². The number of aliphatic hydroxyl groups is 3. The molecule has 3 N–H and O–H groups in total. The smallest absolute Gasteiger partial charge is 0.0804 e. The topological polar surface area (TPSA) is 60.7 Å². The van der Waals surface area contributed by atoms with Crippen LogP contribution in [0.2, 0.25) is 0 Å². The average Bonchev–Trinajstić information content (AvgIpc) is 2.92. The Bertz CT molecular complexity index is 580. The second-order valence-corrected chi connectivity index (χ2v) is 9.26. The van der Waals surface area contributed by atoms with Crippen LogP contribution in [0.15, 0.2) is 23.3 Å².